The highest BCUT2D eigenvalue weighted by atomic mass is 15.2. The van der Waals surface area contributed by atoms with Crippen LogP contribution in [0.4, 0.5) is 5.82 Å². The van der Waals surface area contributed by atoms with Crippen molar-refractivity contribution in [2.45, 2.75) is 0 Å². The molecule has 92 valence electrons. The van der Waals surface area contributed by atoms with E-state index in [1.165, 1.54) is 0 Å². The van der Waals surface area contributed by atoms with Crippen molar-refractivity contribution in [2.24, 2.45) is 0 Å². The molecule has 1 heterocycles. The van der Waals surface area contributed by atoms with Crippen LogP contribution in [0.15, 0.2) is 60.7 Å². The van der Waals surface area contributed by atoms with E-state index in [9.17, 15) is 0 Å². The maximum atomic E-state index is 5.98. The Balaban J connectivity index is 2.04. The lowest BCUT2D eigenvalue weighted by atomic mass is 10.1. The first-order valence-corrected chi connectivity index (χ1v) is 5.95. The molecule has 2 N–H and O–H groups in total. The molecule has 4 heteroatoms. The van der Waals surface area contributed by atoms with Gasteiger partial charge in [0.15, 0.2) is 11.6 Å². The Morgan fingerprint density at radius 1 is 0.684 bits per heavy atom. The van der Waals surface area contributed by atoms with Gasteiger partial charge >= 0.3 is 0 Å². The molecule has 0 aliphatic carbocycles. The van der Waals surface area contributed by atoms with Crippen molar-refractivity contribution in [3.63, 3.8) is 0 Å². The molecule has 3 aromatic rings. The summed E-state index contributed by atoms with van der Waals surface area (Å²) < 4.78 is 0. The molecule has 0 saturated heterocycles. The predicted octanol–water partition coefficient (Wildman–Crippen LogP) is 2.79. The summed E-state index contributed by atoms with van der Waals surface area (Å²) in [7, 11) is 0. The number of benzene rings is 2. The van der Waals surface area contributed by atoms with Crippen LogP contribution in [0.2, 0.25) is 0 Å². The molecule has 0 amide bonds. The Morgan fingerprint density at radius 3 is 1.84 bits per heavy atom. The molecule has 0 fully saturated rings. The van der Waals surface area contributed by atoms with Crippen molar-refractivity contribution in [2.75, 3.05) is 5.73 Å². The molecule has 1 aromatic heterocycles. The fourth-order valence-corrected chi connectivity index (χ4v) is 1.85. The lowest BCUT2D eigenvalue weighted by Gasteiger charge is -2.05. The van der Waals surface area contributed by atoms with Gasteiger partial charge in [0, 0.05) is 11.1 Å². The van der Waals surface area contributed by atoms with Gasteiger partial charge in [0.1, 0.15) is 5.69 Å². The number of nitrogens with zero attached hydrogens (tertiary/aromatic N) is 3. The van der Waals surface area contributed by atoms with Crippen molar-refractivity contribution >= 4 is 5.82 Å². The van der Waals surface area contributed by atoms with E-state index in [-0.39, 0.29) is 0 Å². The van der Waals surface area contributed by atoms with E-state index in [0.717, 1.165) is 11.1 Å². The molecule has 0 bridgehead atoms. The summed E-state index contributed by atoms with van der Waals surface area (Å²) in [6.45, 7) is 0. The SMILES string of the molecule is Nc1nc(-c2ccccc2)nnc1-c1ccccc1. The Hall–Kier alpha value is -2.75. The lowest BCUT2D eigenvalue weighted by Crippen LogP contribution is -2.02. The molecular formula is C15H12N4. The van der Waals surface area contributed by atoms with Gasteiger partial charge in [-0.15, -0.1) is 10.2 Å². The molecule has 0 spiro atoms. The molecule has 19 heavy (non-hydrogen) atoms. The maximum absolute atomic E-state index is 5.98. The summed E-state index contributed by atoms with van der Waals surface area (Å²) in [5.41, 5.74) is 8.41. The van der Waals surface area contributed by atoms with E-state index in [0.29, 0.717) is 17.3 Å². The van der Waals surface area contributed by atoms with Crippen molar-refractivity contribution in [1.82, 2.24) is 15.2 Å². The molecule has 0 aliphatic heterocycles. The number of nitrogens with two attached hydrogens (primary N) is 1. The highest BCUT2D eigenvalue weighted by molar-refractivity contribution is 5.70. The van der Waals surface area contributed by atoms with Crippen molar-refractivity contribution in [3.8, 4) is 22.6 Å². The molecule has 0 atom stereocenters. The third kappa shape index (κ3) is 2.28. The number of hydrogen-bond donors (Lipinski definition) is 1. The van der Waals surface area contributed by atoms with Crippen LogP contribution in [0.5, 0.6) is 0 Å². The Morgan fingerprint density at radius 2 is 1.26 bits per heavy atom. The van der Waals surface area contributed by atoms with Gasteiger partial charge in [-0.05, 0) is 0 Å². The monoisotopic (exact) mass is 248 g/mol. The summed E-state index contributed by atoms with van der Waals surface area (Å²) in [6, 6.07) is 19.3. The number of hydrogen-bond acceptors (Lipinski definition) is 4. The summed E-state index contributed by atoms with van der Waals surface area (Å²) >= 11 is 0. The number of nitrogen functional groups attached to an aromatic ring is 1. The molecule has 0 saturated carbocycles. The Kier molecular flexibility index (Phi) is 2.90. The Bertz CT molecular complexity index is 681. The number of anilines is 1. The van der Waals surface area contributed by atoms with E-state index in [1.807, 2.05) is 60.7 Å². The van der Waals surface area contributed by atoms with Crippen LogP contribution in [-0.4, -0.2) is 15.2 Å². The summed E-state index contributed by atoms with van der Waals surface area (Å²) in [5.74, 6) is 0.929. The summed E-state index contributed by atoms with van der Waals surface area (Å²) in [5, 5.41) is 8.33. The first-order chi connectivity index (χ1) is 9.34. The fraction of sp³-hybridized carbons (Fsp3) is 0. The highest BCUT2D eigenvalue weighted by Gasteiger charge is 2.09. The van der Waals surface area contributed by atoms with Crippen LogP contribution in [0.3, 0.4) is 0 Å². The number of rotatable bonds is 2. The molecule has 0 radical (unpaired) electrons. The van der Waals surface area contributed by atoms with E-state index >= 15 is 0 Å². The average molecular weight is 248 g/mol. The van der Waals surface area contributed by atoms with Crippen LogP contribution in [0, 0.1) is 0 Å². The van der Waals surface area contributed by atoms with E-state index < -0.39 is 0 Å². The first-order valence-electron chi connectivity index (χ1n) is 5.95. The Labute approximate surface area is 111 Å². The van der Waals surface area contributed by atoms with Gasteiger partial charge in [-0.2, -0.15) is 0 Å². The zero-order valence-electron chi connectivity index (χ0n) is 10.2. The molecule has 0 unspecified atom stereocenters. The highest BCUT2D eigenvalue weighted by Crippen LogP contribution is 2.23. The molecule has 2 aromatic carbocycles. The zero-order valence-corrected chi connectivity index (χ0v) is 10.2. The van der Waals surface area contributed by atoms with Crippen molar-refractivity contribution in [3.05, 3.63) is 60.7 Å². The second kappa shape index (κ2) is 4.86. The third-order valence-corrected chi connectivity index (χ3v) is 2.79. The van der Waals surface area contributed by atoms with Gasteiger partial charge < -0.3 is 5.73 Å². The maximum Gasteiger partial charge on any atom is 0.183 e. The predicted molar refractivity (Wildman–Crippen MR) is 75.1 cm³/mol. The molecule has 4 nitrogen and oxygen atoms in total. The minimum Gasteiger partial charge on any atom is -0.382 e. The van der Waals surface area contributed by atoms with Crippen LogP contribution in [0.25, 0.3) is 22.6 Å². The smallest absolute Gasteiger partial charge is 0.183 e. The van der Waals surface area contributed by atoms with Crippen molar-refractivity contribution < 1.29 is 0 Å². The van der Waals surface area contributed by atoms with Crippen LogP contribution in [0.1, 0.15) is 0 Å². The normalized spacial score (nSPS) is 10.3. The number of aromatic nitrogens is 3. The van der Waals surface area contributed by atoms with E-state index in [4.69, 9.17) is 5.73 Å². The average Bonchev–Trinajstić information content (AvgIpc) is 2.49. The van der Waals surface area contributed by atoms with Crippen LogP contribution >= 0.6 is 0 Å². The summed E-state index contributed by atoms with van der Waals surface area (Å²) in [4.78, 5) is 4.32. The van der Waals surface area contributed by atoms with E-state index in [1.54, 1.807) is 0 Å². The first kappa shape index (κ1) is 11.3. The van der Waals surface area contributed by atoms with Gasteiger partial charge in [-0.1, -0.05) is 60.7 Å². The van der Waals surface area contributed by atoms with Gasteiger partial charge in [0.05, 0.1) is 0 Å². The molecule has 3 rings (SSSR count). The minimum absolute atomic E-state index is 0.389. The van der Waals surface area contributed by atoms with E-state index in [2.05, 4.69) is 15.2 Å². The van der Waals surface area contributed by atoms with Gasteiger partial charge in [0.2, 0.25) is 0 Å². The second-order valence-corrected chi connectivity index (χ2v) is 4.10. The standard InChI is InChI=1S/C15H12N4/c16-14-13(11-7-3-1-4-8-11)18-19-15(17-14)12-9-5-2-6-10-12/h1-10H,(H2,16,17,19). The molecular weight excluding hydrogens is 236 g/mol. The minimum atomic E-state index is 0.389. The van der Waals surface area contributed by atoms with Gasteiger partial charge in [-0.3, -0.25) is 0 Å². The lowest BCUT2D eigenvalue weighted by molar-refractivity contribution is 0.994. The zero-order chi connectivity index (χ0) is 13.1. The fourth-order valence-electron chi connectivity index (χ4n) is 1.85. The van der Waals surface area contributed by atoms with Gasteiger partial charge in [-0.25, -0.2) is 4.98 Å². The van der Waals surface area contributed by atoms with Crippen LogP contribution in [-0.2, 0) is 0 Å². The topological polar surface area (TPSA) is 64.7 Å². The largest absolute Gasteiger partial charge is 0.382 e. The second-order valence-electron chi connectivity index (χ2n) is 4.10. The molecule has 0 aliphatic rings. The quantitative estimate of drug-likeness (QED) is 0.757. The van der Waals surface area contributed by atoms with Crippen molar-refractivity contribution in [1.29, 1.82) is 0 Å². The summed E-state index contributed by atoms with van der Waals surface area (Å²) in [6.07, 6.45) is 0. The van der Waals surface area contributed by atoms with Gasteiger partial charge in [0.25, 0.3) is 0 Å². The third-order valence-electron chi connectivity index (χ3n) is 2.79. The van der Waals surface area contributed by atoms with Crippen LogP contribution < -0.4 is 5.73 Å².